The molecular formula is C13H19F3N4O2S. The highest BCUT2D eigenvalue weighted by atomic mass is 32.2. The molecule has 1 aliphatic rings. The van der Waals surface area contributed by atoms with Crippen LogP contribution in [0.4, 0.5) is 13.2 Å². The number of aromatic nitrogens is 1. The Hall–Kier alpha value is -1.23. The number of nitrogens with zero attached hydrogens (tertiary/aromatic N) is 2. The van der Waals surface area contributed by atoms with Gasteiger partial charge >= 0.3 is 6.18 Å². The Morgan fingerprint density at radius 1 is 1.26 bits per heavy atom. The Labute approximate surface area is 133 Å². The van der Waals surface area contributed by atoms with Crippen molar-refractivity contribution in [1.82, 2.24) is 19.9 Å². The molecule has 2 rings (SSSR count). The summed E-state index contributed by atoms with van der Waals surface area (Å²) >= 11 is 0. The average molecular weight is 352 g/mol. The second-order valence-electron chi connectivity index (χ2n) is 5.22. The van der Waals surface area contributed by atoms with Gasteiger partial charge in [-0.25, -0.2) is 13.1 Å². The van der Waals surface area contributed by atoms with Crippen LogP contribution >= 0.6 is 0 Å². The summed E-state index contributed by atoms with van der Waals surface area (Å²) in [4.78, 5) is 5.11. The largest absolute Gasteiger partial charge is 0.433 e. The summed E-state index contributed by atoms with van der Waals surface area (Å²) in [7, 11) is -3.84. The zero-order valence-corrected chi connectivity index (χ0v) is 13.3. The third-order valence-corrected chi connectivity index (χ3v) is 4.94. The number of piperazine rings is 1. The fraction of sp³-hybridized carbons (Fsp3) is 0.615. The number of hydrogen-bond donors (Lipinski definition) is 2. The van der Waals surface area contributed by atoms with Crippen LogP contribution in [-0.2, 0) is 16.2 Å². The van der Waals surface area contributed by atoms with E-state index in [9.17, 15) is 21.6 Å². The second-order valence-corrected chi connectivity index (χ2v) is 6.99. The zero-order valence-electron chi connectivity index (χ0n) is 12.4. The average Bonchev–Trinajstić information content (AvgIpc) is 2.52. The summed E-state index contributed by atoms with van der Waals surface area (Å²) in [6.07, 6.45) is -3.23. The Morgan fingerprint density at radius 2 is 1.96 bits per heavy atom. The predicted molar refractivity (Wildman–Crippen MR) is 78.4 cm³/mol. The van der Waals surface area contributed by atoms with Gasteiger partial charge in [-0.15, -0.1) is 0 Å². The molecule has 10 heteroatoms. The normalized spacial score (nSPS) is 17.3. The maximum absolute atomic E-state index is 12.4. The summed E-state index contributed by atoms with van der Waals surface area (Å²) in [5.74, 6) is 0. The maximum atomic E-state index is 12.4. The highest BCUT2D eigenvalue weighted by molar-refractivity contribution is 7.89. The van der Waals surface area contributed by atoms with Gasteiger partial charge in [-0.3, -0.25) is 4.98 Å². The van der Waals surface area contributed by atoms with E-state index in [1.54, 1.807) is 0 Å². The van der Waals surface area contributed by atoms with E-state index in [2.05, 4.69) is 19.9 Å². The topological polar surface area (TPSA) is 74.3 Å². The fourth-order valence-corrected chi connectivity index (χ4v) is 3.25. The number of pyridine rings is 1. The van der Waals surface area contributed by atoms with Crippen molar-refractivity contribution < 1.29 is 21.6 Å². The summed E-state index contributed by atoms with van der Waals surface area (Å²) in [6.45, 7) is 4.69. The lowest BCUT2D eigenvalue weighted by Crippen LogP contribution is -2.44. The number of alkyl halides is 3. The van der Waals surface area contributed by atoms with E-state index in [0.29, 0.717) is 12.5 Å². The molecule has 1 aromatic rings. The molecule has 130 valence electrons. The smallest absolute Gasteiger partial charge is 0.314 e. The van der Waals surface area contributed by atoms with E-state index in [1.807, 2.05) is 0 Å². The van der Waals surface area contributed by atoms with Gasteiger partial charge < -0.3 is 10.2 Å². The van der Waals surface area contributed by atoms with Crippen molar-refractivity contribution in [1.29, 1.82) is 0 Å². The number of hydrogen-bond acceptors (Lipinski definition) is 5. The van der Waals surface area contributed by atoms with E-state index >= 15 is 0 Å². The minimum absolute atomic E-state index is 0.229. The van der Waals surface area contributed by atoms with E-state index < -0.39 is 21.9 Å². The molecule has 6 nitrogen and oxygen atoms in total. The quantitative estimate of drug-likeness (QED) is 0.737. The lowest BCUT2D eigenvalue weighted by molar-refractivity contribution is -0.141. The molecule has 0 atom stereocenters. The molecule has 1 saturated heterocycles. The lowest BCUT2D eigenvalue weighted by Gasteiger charge is -2.27. The van der Waals surface area contributed by atoms with E-state index in [4.69, 9.17) is 0 Å². The van der Waals surface area contributed by atoms with Gasteiger partial charge in [0, 0.05) is 38.9 Å². The van der Waals surface area contributed by atoms with Gasteiger partial charge in [0.25, 0.3) is 0 Å². The van der Waals surface area contributed by atoms with Crippen LogP contribution in [0.5, 0.6) is 0 Å². The Kier molecular flexibility index (Phi) is 5.95. The molecule has 2 N–H and O–H groups in total. The van der Waals surface area contributed by atoms with E-state index in [0.717, 1.165) is 45.0 Å². The van der Waals surface area contributed by atoms with Crippen LogP contribution in [0.15, 0.2) is 23.2 Å². The molecule has 0 bridgehead atoms. The van der Waals surface area contributed by atoms with Crippen molar-refractivity contribution in [3.05, 3.63) is 24.0 Å². The van der Waals surface area contributed by atoms with Crippen LogP contribution in [0.1, 0.15) is 12.1 Å². The molecule has 2 heterocycles. The highest BCUT2D eigenvalue weighted by Gasteiger charge is 2.32. The number of nitrogens with one attached hydrogen (secondary N) is 2. The highest BCUT2D eigenvalue weighted by Crippen LogP contribution is 2.27. The van der Waals surface area contributed by atoms with Crippen molar-refractivity contribution >= 4 is 10.0 Å². The molecule has 0 saturated carbocycles. The molecule has 0 radical (unpaired) electrons. The van der Waals surface area contributed by atoms with Crippen LogP contribution in [-0.4, -0.2) is 57.6 Å². The molecule has 0 amide bonds. The number of sulfonamides is 1. The van der Waals surface area contributed by atoms with Crippen molar-refractivity contribution in [2.75, 3.05) is 39.3 Å². The third-order valence-electron chi connectivity index (χ3n) is 3.49. The monoisotopic (exact) mass is 352 g/mol. The predicted octanol–water partition coefficient (Wildman–Crippen LogP) is 0.674. The molecule has 0 spiro atoms. The first-order valence-corrected chi connectivity index (χ1v) is 8.73. The Balaban J connectivity index is 1.83. The standard InChI is InChI=1S/C13H19F3N4O2S/c14-13(15,16)12-3-2-11(10-18-12)23(21,22)19-4-1-7-20-8-5-17-6-9-20/h2-3,10,17,19H,1,4-9H2. The first kappa shape index (κ1) is 18.1. The molecule has 0 aliphatic carbocycles. The summed E-state index contributed by atoms with van der Waals surface area (Å²) in [5.41, 5.74) is -1.12. The fourth-order valence-electron chi connectivity index (χ4n) is 2.23. The lowest BCUT2D eigenvalue weighted by atomic mass is 10.3. The van der Waals surface area contributed by atoms with Gasteiger partial charge in [-0.05, 0) is 25.1 Å². The first-order chi connectivity index (χ1) is 10.8. The number of halogens is 3. The van der Waals surface area contributed by atoms with Crippen molar-refractivity contribution in [2.24, 2.45) is 0 Å². The zero-order chi connectivity index (χ0) is 16.9. The van der Waals surface area contributed by atoms with Gasteiger partial charge in [0.15, 0.2) is 0 Å². The van der Waals surface area contributed by atoms with Crippen molar-refractivity contribution in [3.63, 3.8) is 0 Å². The van der Waals surface area contributed by atoms with Crippen LogP contribution < -0.4 is 10.0 Å². The molecule has 0 aromatic carbocycles. The first-order valence-electron chi connectivity index (χ1n) is 7.25. The van der Waals surface area contributed by atoms with Gasteiger partial charge in [0.1, 0.15) is 10.6 Å². The van der Waals surface area contributed by atoms with Crippen LogP contribution in [0.25, 0.3) is 0 Å². The summed E-state index contributed by atoms with van der Waals surface area (Å²) in [6, 6.07) is 1.57. The van der Waals surface area contributed by atoms with Gasteiger partial charge in [0.05, 0.1) is 0 Å². The van der Waals surface area contributed by atoms with Crippen LogP contribution in [0.2, 0.25) is 0 Å². The minimum atomic E-state index is -4.58. The summed E-state index contributed by atoms with van der Waals surface area (Å²) < 4.78 is 63.6. The number of rotatable bonds is 6. The van der Waals surface area contributed by atoms with Crippen LogP contribution in [0.3, 0.4) is 0 Å². The van der Waals surface area contributed by atoms with Crippen LogP contribution in [0, 0.1) is 0 Å². The molecule has 1 aromatic heterocycles. The van der Waals surface area contributed by atoms with Gasteiger partial charge in [-0.2, -0.15) is 13.2 Å². The second kappa shape index (κ2) is 7.56. The van der Waals surface area contributed by atoms with Crippen molar-refractivity contribution in [3.8, 4) is 0 Å². The van der Waals surface area contributed by atoms with E-state index in [-0.39, 0.29) is 11.4 Å². The Bertz CT molecular complexity index is 599. The van der Waals surface area contributed by atoms with Crippen molar-refractivity contribution in [2.45, 2.75) is 17.5 Å². The molecule has 0 unspecified atom stereocenters. The SMILES string of the molecule is O=S(=O)(NCCCN1CCNCC1)c1ccc(C(F)(F)F)nc1. The maximum Gasteiger partial charge on any atom is 0.433 e. The minimum Gasteiger partial charge on any atom is -0.314 e. The summed E-state index contributed by atoms with van der Waals surface area (Å²) in [5, 5.41) is 3.23. The molecule has 23 heavy (non-hydrogen) atoms. The third kappa shape index (κ3) is 5.41. The molecule has 1 fully saturated rings. The van der Waals surface area contributed by atoms with E-state index in [1.165, 1.54) is 0 Å². The molecule has 1 aliphatic heterocycles. The molecular weight excluding hydrogens is 333 g/mol. The van der Waals surface area contributed by atoms with Gasteiger partial charge in [0.2, 0.25) is 10.0 Å². The van der Waals surface area contributed by atoms with Gasteiger partial charge in [-0.1, -0.05) is 0 Å². The Morgan fingerprint density at radius 3 is 2.52 bits per heavy atom.